The van der Waals surface area contributed by atoms with Gasteiger partial charge in [-0.3, -0.25) is 0 Å². The van der Waals surface area contributed by atoms with Crippen molar-refractivity contribution in [1.82, 2.24) is 9.97 Å². The molecule has 0 radical (unpaired) electrons. The summed E-state index contributed by atoms with van der Waals surface area (Å²) < 4.78 is 22.6. The van der Waals surface area contributed by atoms with E-state index in [0.717, 1.165) is 6.07 Å². The van der Waals surface area contributed by atoms with E-state index < -0.39 is 23.7 Å². The van der Waals surface area contributed by atoms with Gasteiger partial charge in [0.15, 0.2) is 0 Å². The lowest BCUT2D eigenvalue weighted by Crippen LogP contribution is -2.20. The number of aromatic nitrogens is 2. The van der Waals surface area contributed by atoms with Gasteiger partial charge in [0.05, 0.1) is 5.69 Å². The van der Waals surface area contributed by atoms with Crippen LogP contribution in [-0.2, 0) is 4.74 Å². The summed E-state index contributed by atoms with van der Waals surface area (Å²) in [5, 5.41) is 0. The first kappa shape index (κ1) is 14.2. The fraction of sp³-hybridized carbons (Fsp3) is 0. The number of halogens is 1. The molecule has 4 N–H and O–H groups in total. The van der Waals surface area contributed by atoms with Gasteiger partial charge in [-0.1, -0.05) is 0 Å². The number of nitrogen functional groups attached to an aromatic ring is 1. The molecule has 1 aromatic carbocycles. The largest absolute Gasteiger partial charge is 0.439 e. The van der Waals surface area contributed by atoms with Crippen LogP contribution in [0.25, 0.3) is 0 Å². The minimum Gasteiger partial charge on any atom is -0.439 e. The van der Waals surface area contributed by atoms with E-state index in [1.807, 2.05) is 0 Å². The number of benzene rings is 1. The van der Waals surface area contributed by atoms with Crippen molar-refractivity contribution in [3.05, 3.63) is 42.1 Å². The summed E-state index contributed by atoms with van der Waals surface area (Å²) >= 11 is 0. The van der Waals surface area contributed by atoms with Crippen LogP contribution in [0.1, 0.15) is 10.6 Å². The third-order valence-corrected chi connectivity index (χ3v) is 2.20. The molecule has 0 spiro atoms. The van der Waals surface area contributed by atoms with E-state index in [-0.39, 0.29) is 17.3 Å². The highest BCUT2D eigenvalue weighted by molar-refractivity contribution is 5.93. The van der Waals surface area contributed by atoms with Crippen LogP contribution in [0.15, 0.2) is 30.5 Å². The number of hydrogen-bond acceptors (Lipinski definition) is 7. The molecule has 1 amide bonds. The third-order valence-electron chi connectivity index (χ3n) is 2.20. The summed E-state index contributed by atoms with van der Waals surface area (Å²) in [5.74, 6) is -2.14. The fourth-order valence-electron chi connectivity index (χ4n) is 1.33. The summed E-state index contributed by atoms with van der Waals surface area (Å²) in [7, 11) is 0. The molecule has 0 saturated carbocycles. The van der Waals surface area contributed by atoms with Gasteiger partial charge in [-0.25, -0.2) is 19.0 Å². The molecule has 8 nitrogen and oxygen atoms in total. The van der Waals surface area contributed by atoms with E-state index in [1.54, 1.807) is 0 Å². The predicted octanol–water partition coefficient (Wildman–Crippen LogP) is 1.23. The van der Waals surface area contributed by atoms with Gasteiger partial charge in [0.2, 0.25) is 11.7 Å². The van der Waals surface area contributed by atoms with Crippen molar-refractivity contribution in [1.29, 1.82) is 0 Å². The van der Waals surface area contributed by atoms with Crippen LogP contribution in [0.2, 0.25) is 0 Å². The Kier molecular flexibility index (Phi) is 3.93. The standard InChI is InChI=1S/C12H9FN4O4/c13-7-5-6(1-2-8(7)14)20-9-3-4-16-10(17-9)11(18)21-12(15)19/h1-5H,14H2,(H2,15,19). The minimum atomic E-state index is -1.28. The highest BCUT2D eigenvalue weighted by Gasteiger charge is 2.15. The lowest BCUT2D eigenvalue weighted by atomic mass is 10.3. The topological polar surface area (TPSA) is 130 Å². The molecule has 1 heterocycles. The number of nitrogens with two attached hydrogens (primary N) is 2. The molecule has 2 aromatic rings. The first-order chi connectivity index (χ1) is 9.95. The predicted molar refractivity (Wildman–Crippen MR) is 67.9 cm³/mol. The van der Waals surface area contributed by atoms with Gasteiger partial charge in [0, 0.05) is 18.3 Å². The first-order valence-electron chi connectivity index (χ1n) is 5.53. The molecule has 21 heavy (non-hydrogen) atoms. The second-order valence-corrected chi connectivity index (χ2v) is 3.71. The molecular formula is C12H9FN4O4. The van der Waals surface area contributed by atoms with E-state index in [0.29, 0.717) is 0 Å². The van der Waals surface area contributed by atoms with Crippen molar-refractivity contribution in [2.45, 2.75) is 0 Å². The van der Waals surface area contributed by atoms with Crippen molar-refractivity contribution in [2.75, 3.05) is 5.73 Å². The van der Waals surface area contributed by atoms with E-state index in [9.17, 15) is 14.0 Å². The highest BCUT2D eigenvalue weighted by Crippen LogP contribution is 2.22. The molecule has 2 rings (SSSR count). The Balaban J connectivity index is 2.19. The van der Waals surface area contributed by atoms with Gasteiger partial charge >= 0.3 is 12.1 Å². The summed E-state index contributed by atoms with van der Waals surface area (Å²) in [4.78, 5) is 29.1. The normalized spacial score (nSPS) is 9.95. The molecule has 0 unspecified atom stereocenters. The molecule has 0 saturated heterocycles. The molecular weight excluding hydrogens is 283 g/mol. The zero-order chi connectivity index (χ0) is 15.4. The maximum atomic E-state index is 13.3. The molecule has 1 aromatic heterocycles. The number of primary amides is 1. The molecule has 0 aliphatic carbocycles. The Morgan fingerprint density at radius 3 is 2.67 bits per heavy atom. The molecule has 108 valence electrons. The maximum Gasteiger partial charge on any atom is 0.412 e. The van der Waals surface area contributed by atoms with E-state index >= 15 is 0 Å². The fourth-order valence-corrected chi connectivity index (χ4v) is 1.33. The van der Waals surface area contributed by atoms with Crippen LogP contribution in [0, 0.1) is 5.82 Å². The quantitative estimate of drug-likeness (QED) is 0.494. The number of anilines is 1. The van der Waals surface area contributed by atoms with Crippen LogP contribution < -0.4 is 16.2 Å². The number of hydrogen-bond donors (Lipinski definition) is 2. The van der Waals surface area contributed by atoms with Crippen molar-refractivity contribution in [3.63, 3.8) is 0 Å². The van der Waals surface area contributed by atoms with Crippen LogP contribution in [-0.4, -0.2) is 22.0 Å². The Labute approximate surface area is 117 Å². The second kappa shape index (κ2) is 5.82. The van der Waals surface area contributed by atoms with Crippen molar-refractivity contribution >= 4 is 17.7 Å². The summed E-state index contributed by atoms with van der Waals surface area (Å²) in [6, 6.07) is 5.12. The van der Waals surface area contributed by atoms with E-state index in [4.69, 9.17) is 16.2 Å². The number of amides is 1. The van der Waals surface area contributed by atoms with Gasteiger partial charge in [-0.2, -0.15) is 4.98 Å². The molecule has 0 bridgehead atoms. The Bertz CT molecular complexity index is 707. The van der Waals surface area contributed by atoms with Gasteiger partial charge in [0.25, 0.3) is 0 Å². The zero-order valence-electron chi connectivity index (χ0n) is 10.4. The molecule has 0 atom stereocenters. The SMILES string of the molecule is NC(=O)OC(=O)c1nccc(Oc2ccc(N)c(F)c2)n1. The van der Waals surface area contributed by atoms with Crippen LogP contribution in [0.4, 0.5) is 14.9 Å². The smallest absolute Gasteiger partial charge is 0.412 e. The van der Waals surface area contributed by atoms with Crippen molar-refractivity contribution < 1.29 is 23.5 Å². The summed E-state index contributed by atoms with van der Waals surface area (Å²) in [5.41, 5.74) is 10.0. The first-order valence-corrected chi connectivity index (χ1v) is 5.53. The third kappa shape index (κ3) is 3.62. The Morgan fingerprint density at radius 1 is 1.24 bits per heavy atom. The summed E-state index contributed by atoms with van der Waals surface area (Å²) in [6.45, 7) is 0. The highest BCUT2D eigenvalue weighted by atomic mass is 19.1. The lowest BCUT2D eigenvalue weighted by molar-refractivity contribution is 0.0624. The number of carbonyl (C=O) groups excluding carboxylic acids is 2. The maximum absolute atomic E-state index is 13.3. The van der Waals surface area contributed by atoms with Crippen molar-refractivity contribution in [2.24, 2.45) is 5.73 Å². The number of carbonyl (C=O) groups is 2. The van der Waals surface area contributed by atoms with Crippen LogP contribution in [0.5, 0.6) is 11.6 Å². The van der Waals surface area contributed by atoms with Crippen LogP contribution in [0.3, 0.4) is 0 Å². The zero-order valence-corrected chi connectivity index (χ0v) is 10.4. The molecule has 0 aliphatic heterocycles. The number of ether oxygens (including phenoxy) is 2. The van der Waals surface area contributed by atoms with Crippen LogP contribution >= 0.6 is 0 Å². The number of nitrogens with zero attached hydrogens (tertiary/aromatic N) is 2. The molecule has 9 heteroatoms. The molecule has 0 aliphatic rings. The van der Waals surface area contributed by atoms with E-state index in [2.05, 4.69) is 14.7 Å². The average molecular weight is 292 g/mol. The monoisotopic (exact) mass is 292 g/mol. The van der Waals surface area contributed by atoms with E-state index in [1.165, 1.54) is 24.4 Å². The van der Waals surface area contributed by atoms with Gasteiger partial charge in [-0.05, 0) is 12.1 Å². The second-order valence-electron chi connectivity index (χ2n) is 3.71. The lowest BCUT2D eigenvalue weighted by Gasteiger charge is -2.06. The van der Waals surface area contributed by atoms with Gasteiger partial charge in [0.1, 0.15) is 11.6 Å². The number of esters is 1. The van der Waals surface area contributed by atoms with Gasteiger partial charge in [-0.15, -0.1) is 0 Å². The summed E-state index contributed by atoms with van der Waals surface area (Å²) in [6.07, 6.45) is -0.0800. The number of rotatable bonds is 3. The Morgan fingerprint density at radius 2 is 2.00 bits per heavy atom. The minimum absolute atomic E-state index is 0.0317. The average Bonchev–Trinajstić information content (AvgIpc) is 2.42. The van der Waals surface area contributed by atoms with Gasteiger partial charge < -0.3 is 20.9 Å². The molecule has 0 fully saturated rings. The Hall–Kier alpha value is -3.23. The van der Waals surface area contributed by atoms with Crippen molar-refractivity contribution in [3.8, 4) is 11.6 Å².